The topological polar surface area (TPSA) is 80.8 Å². The third kappa shape index (κ3) is 2.94. The van der Waals surface area contributed by atoms with Crippen LogP contribution in [0.2, 0.25) is 0 Å². The number of sulfone groups is 1. The Balaban J connectivity index is 2.69. The highest BCUT2D eigenvalue weighted by Gasteiger charge is 2.34. The summed E-state index contributed by atoms with van der Waals surface area (Å²) in [6.45, 7) is 3.40. The van der Waals surface area contributed by atoms with Crippen LogP contribution >= 0.6 is 0 Å². The fourth-order valence-corrected chi connectivity index (χ4v) is 3.17. The van der Waals surface area contributed by atoms with E-state index in [0.29, 0.717) is 0 Å². The zero-order valence-corrected chi connectivity index (χ0v) is 10.1. The average Bonchev–Trinajstić information content (AvgIpc) is 2.16. The Morgan fingerprint density at radius 3 is 2.56 bits per heavy atom. The molecule has 0 saturated carbocycles. The van der Waals surface area contributed by atoms with Crippen molar-refractivity contribution in [2.75, 3.05) is 24.7 Å². The van der Waals surface area contributed by atoms with E-state index in [-0.39, 0.29) is 24.7 Å². The number of rotatable bonds is 1. The number of hydrogen-bond donors (Lipinski definition) is 0. The fraction of sp³-hybridized carbons (Fsp3) is 0.778. The van der Waals surface area contributed by atoms with Gasteiger partial charge in [0.15, 0.2) is 9.84 Å². The Bertz CT molecular complexity index is 389. The van der Waals surface area contributed by atoms with Gasteiger partial charge in [-0.25, -0.2) is 13.2 Å². The summed E-state index contributed by atoms with van der Waals surface area (Å²) in [5, 5.41) is 0. The molecule has 0 aromatic heterocycles. The van der Waals surface area contributed by atoms with Crippen LogP contribution in [-0.4, -0.2) is 55.9 Å². The molecule has 1 fully saturated rings. The predicted molar refractivity (Wildman–Crippen MR) is 56.5 cm³/mol. The lowest BCUT2D eigenvalue weighted by atomic mass is 10.3. The van der Waals surface area contributed by atoms with Gasteiger partial charge in [-0.2, -0.15) is 0 Å². The highest BCUT2D eigenvalue weighted by molar-refractivity contribution is 7.91. The van der Waals surface area contributed by atoms with Gasteiger partial charge >= 0.3 is 11.9 Å². The maximum absolute atomic E-state index is 11.6. The number of nitrogens with zero attached hydrogens (tertiary/aromatic N) is 1. The number of esters is 1. The van der Waals surface area contributed by atoms with Crippen LogP contribution in [0.3, 0.4) is 0 Å². The SMILES string of the molecule is CCOC(=O)C(=O)N1CCS(=O)(=O)CC1C. The normalized spacial score (nSPS) is 23.9. The lowest BCUT2D eigenvalue weighted by molar-refractivity contribution is -0.160. The van der Waals surface area contributed by atoms with E-state index in [1.165, 1.54) is 4.90 Å². The summed E-state index contributed by atoms with van der Waals surface area (Å²) < 4.78 is 27.1. The quantitative estimate of drug-likeness (QED) is 0.448. The largest absolute Gasteiger partial charge is 0.459 e. The molecule has 0 bridgehead atoms. The van der Waals surface area contributed by atoms with E-state index in [2.05, 4.69) is 4.74 Å². The Morgan fingerprint density at radius 1 is 1.44 bits per heavy atom. The van der Waals surface area contributed by atoms with Crippen LogP contribution in [0, 0.1) is 0 Å². The second-order valence-corrected chi connectivity index (χ2v) is 5.91. The standard InChI is InChI=1S/C9H15NO5S/c1-3-15-9(12)8(11)10-4-5-16(13,14)6-7(10)2/h7H,3-6H2,1-2H3. The first-order valence-electron chi connectivity index (χ1n) is 5.05. The van der Waals surface area contributed by atoms with E-state index in [9.17, 15) is 18.0 Å². The molecule has 6 nitrogen and oxygen atoms in total. The molecule has 0 aromatic carbocycles. The van der Waals surface area contributed by atoms with Crippen molar-refractivity contribution in [1.82, 2.24) is 4.90 Å². The Labute approximate surface area is 94.5 Å². The number of carbonyl (C=O) groups excluding carboxylic acids is 2. The molecule has 0 aliphatic carbocycles. The Hall–Kier alpha value is -1.11. The number of amides is 1. The molecular weight excluding hydrogens is 234 g/mol. The van der Waals surface area contributed by atoms with E-state index in [4.69, 9.17) is 0 Å². The number of ether oxygens (including phenoxy) is 1. The predicted octanol–water partition coefficient (Wildman–Crippen LogP) is -0.805. The van der Waals surface area contributed by atoms with E-state index in [1.807, 2.05) is 0 Å². The monoisotopic (exact) mass is 249 g/mol. The second kappa shape index (κ2) is 4.82. The van der Waals surface area contributed by atoms with Crippen molar-refractivity contribution in [2.45, 2.75) is 19.9 Å². The van der Waals surface area contributed by atoms with E-state index in [0.717, 1.165) is 0 Å². The third-order valence-electron chi connectivity index (χ3n) is 2.38. The molecule has 1 amide bonds. The molecule has 1 saturated heterocycles. The molecule has 16 heavy (non-hydrogen) atoms. The molecule has 0 aromatic rings. The van der Waals surface area contributed by atoms with Crippen LogP contribution in [0.15, 0.2) is 0 Å². The molecule has 7 heteroatoms. The van der Waals surface area contributed by atoms with Crippen molar-refractivity contribution in [3.63, 3.8) is 0 Å². The third-order valence-corrected chi connectivity index (χ3v) is 4.18. The molecule has 0 N–H and O–H groups in total. The van der Waals surface area contributed by atoms with E-state index < -0.39 is 27.8 Å². The van der Waals surface area contributed by atoms with Gasteiger partial charge in [0, 0.05) is 12.6 Å². The number of hydrogen-bond acceptors (Lipinski definition) is 5. The maximum Gasteiger partial charge on any atom is 0.397 e. The van der Waals surface area contributed by atoms with Crippen molar-refractivity contribution in [3.05, 3.63) is 0 Å². The molecule has 0 radical (unpaired) electrons. The molecule has 1 unspecified atom stereocenters. The van der Waals surface area contributed by atoms with E-state index in [1.54, 1.807) is 13.8 Å². The number of carbonyl (C=O) groups is 2. The highest BCUT2D eigenvalue weighted by Crippen LogP contribution is 2.11. The van der Waals surface area contributed by atoms with Crippen molar-refractivity contribution in [2.24, 2.45) is 0 Å². The van der Waals surface area contributed by atoms with Gasteiger partial charge in [-0.3, -0.25) is 4.79 Å². The van der Waals surface area contributed by atoms with Gasteiger partial charge in [0.05, 0.1) is 18.1 Å². The van der Waals surface area contributed by atoms with Gasteiger partial charge in [-0.05, 0) is 13.8 Å². The summed E-state index contributed by atoms with van der Waals surface area (Å²) in [5.41, 5.74) is 0. The molecule has 1 rings (SSSR count). The van der Waals surface area contributed by atoms with Gasteiger partial charge < -0.3 is 9.64 Å². The zero-order valence-electron chi connectivity index (χ0n) is 9.30. The summed E-state index contributed by atoms with van der Waals surface area (Å²) in [6, 6.07) is -0.476. The van der Waals surface area contributed by atoms with Crippen LogP contribution in [0.4, 0.5) is 0 Å². The van der Waals surface area contributed by atoms with Gasteiger partial charge in [0.1, 0.15) is 0 Å². The van der Waals surface area contributed by atoms with Crippen LogP contribution in [0.25, 0.3) is 0 Å². The van der Waals surface area contributed by atoms with Crippen LogP contribution < -0.4 is 0 Å². The molecule has 1 heterocycles. The smallest absolute Gasteiger partial charge is 0.397 e. The zero-order chi connectivity index (χ0) is 12.3. The Morgan fingerprint density at radius 2 is 2.06 bits per heavy atom. The second-order valence-electron chi connectivity index (χ2n) is 3.68. The summed E-state index contributed by atoms with van der Waals surface area (Å²) in [4.78, 5) is 24.0. The average molecular weight is 249 g/mol. The minimum absolute atomic E-state index is 0.0567. The lowest BCUT2D eigenvalue weighted by Gasteiger charge is -2.32. The fourth-order valence-electron chi connectivity index (χ4n) is 1.61. The minimum atomic E-state index is -3.08. The first-order chi connectivity index (χ1) is 7.37. The van der Waals surface area contributed by atoms with E-state index >= 15 is 0 Å². The van der Waals surface area contributed by atoms with Crippen molar-refractivity contribution in [1.29, 1.82) is 0 Å². The highest BCUT2D eigenvalue weighted by atomic mass is 32.2. The molecule has 0 spiro atoms. The Kier molecular flexibility index (Phi) is 3.90. The molecule has 92 valence electrons. The summed E-state index contributed by atoms with van der Waals surface area (Å²) in [6.07, 6.45) is 0. The van der Waals surface area contributed by atoms with Gasteiger partial charge in [-0.1, -0.05) is 0 Å². The van der Waals surface area contributed by atoms with Crippen molar-refractivity contribution >= 4 is 21.7 Å². The van der Waals surface area contributed by atoms with Crippen LogP contribution in [0.1, 0.15) is 13.8 Å². The molecular formula is C9H15NO5S. The lowest BCUT2D eigenvalue weighted by Crippen LogP contribution is -2.52. The summed E-state index contributed by atoms with van der Waals surface area (Å²) in [5.74, 6) is -1.88. The van der Waals surface area contributed by atoms with Gasteiger partial charge in [0.25, 0.3) is 0 Å². The summed E-state index contributed by atoms with van der Waals surface area (Å²) >= 11 is 0. The van der Waals surface area contributed by atoms with Crippen LogP contribution in [0.5, 0.6) is 0 Å². The summed E-state index contributed by atoms with van der Waals surface area (Å²) in [7, 11) is -3.08. The first kappa shape index (κ1) is 13.0. The molecule has 1 aliphatic rings. The van der Waals surface area contributed by atoms with Gasteiger partial charge in [-0.15, -0.1) is 0 Å². The van der Waals surface area contributed by atoms with Crippen molar-refractivity contribution < 1.29 is 22.7 Å². The first-order valence-corrected chi connectivity index (χ1v) is 6.87. The molecule has 1 aliphatic heterocycles. The van der Waals surface area contributed by atoms with Gasteiger partial charge in [0.2, 0.25) is 0 Å². The molecule has 1 atom stereocenters. The van der Waals surface area contributed by atoms with Crippen molar-refractivity contribution in [3.8, 4) is 0 Å². The van der Waals surface area contributed by atoms with Crippen LogP contribution in [-0.2, 0) is 24.2 Å². The maximum atomic E-state index is 11.6. The minimum Gasteiger partial charge on any atom is -0.459 e.